The summed E-state index contributed by atoms with van der Waals surface area (Å²) in [6.07, 6.45) is 1.92. The Morgan fingerprint density at radius 1 is 1.12 bits per heavy atom. The van der Waals surface area contributed by atoms with Crippen LogP contribution in [0.4, 0.5) is 11.8 Å². The molecular weight excluding hydrogens is 554 g/mol. The summed E-state index contributed by atoms with van der Waals surface area (Å²) in [5.74, 6) is 0.769. The highest BCUT2D eigenvalue weighted by molar-refractivity contribution is 7.06. The number of nitrogens with one attached hydrogen (secondary N) is 2. The molecule has 0 spiro atoms. The Hall–Kier alpha value is -4.32. The summed E-state index contributed by atoms with van der Waals surface area (Å²) in [5.41, 5.74) is 3.87. The van der Waals surface area contributed by atoms with E-state index in [0.29, 0.717) is 47.4 Å². The first-order valence-electron chi connectivity index (χ1n) is 13.9. The minimum absolute atomic E-state index is 0.0332. The Morgan fingerprint density at radius 3 is 2.36 bits per heavy atom. The molecular formula is C30H37N7O4S. The summed E-state index contributed by atoms with van der Waals surface area (Å²) in [7, 11) is 1.48. The van der Waals surface area contributed by atoms with Crippen LogP contribution in [0.5, 0.6) is 5.88 Å². The van der Waals surface area contributed by atoms with Crippen LogP contribution in [0.3, 0.4) is 0 Å². The van der Waals surface area contributed by atoms with E-state index in [2.05, 4.69) is 24.6 Å². The normalized spacial score (nSPS) is 11.9. The number of carbonyl (C=O) groups is 1. The maximum absolute atomic E-state index is 12.9. The van der Waals surface area contributed by atoms with Crippen LogP contribution in [0.25, 0.3) is 22.3 Å². The first kappa shape index (κ1) is 30.6. The largest absolute Gasteiger partial charge is 0.480 e. The van der Waals surface area contributed by atoms with E-state index in [0.717, 1.165) is 21.7 Å². The number of carboxylic acid groups (broad SMARTS) is 1. The molecule has 3 N–H and O–H groups in total. The average Bonchev–Trinajstić information content (AvgIpc) is 3.30. The van der Waals surface area contributed by atoms with E-state index >= 15 is 0 Å². The van der Waals surface area contributed by atoms with Crippen molar-refractivity contribution in [3.05, 3.63) is 62.8 Å². The van der Waals surface area contributed by atoms with E-state index in [4.69, 9.17) is 9.72 Å². The van der Waals surface area contributed by atoms with Crippen molar-refractivity contribution in [2.45, 2.75) is 59.9 Å². The number of ether oxygens (including phenoxy) is 1. The first-order valence-corrected chi connectivity index (χ1v) is 14.7. The molecule has 0 amide bonds. The number of methoxy groups -OCH3 is 1. The molecule has 1 atom stereocenters. The molecule has 0 radical (unpaired) electrons. The van der Waals surface area contributed by atoms with Gasteiger partial charge >= 0.3 is 5.97 Å². The van der Waals surface area contributed by atoms with Crippen LogP contribution in [-0.4, -0.2) is 61.6 Å². The number of aromatic nitrogens is 5. The maximum atomic E-state index is 12.9. The molecule has 0 aliphatic carbocycles. The number of aromatic amines is 1. The molecule has 4 rings (SSSR count). The van der Waals surface area contributed by atoms with Gasteiger partial charge < -0.3 is 25.0 Å². The first-order chi connectivity index (χ1) is 20.1. The monoisotopic (exact) mass is 591 g/mol. The van der Waals surface area contributed by atoms with Gasteiger partial charge in [-0.25, -0.2) is 9.78 Å². The van der Waals surface area contributed by atoms with Crippen LogP contribution in [0, 0.1) is 13.8 Å². The van der Waals surface area contributed by atoms with Gasteiger partial charge in [-0.1, -0.05) is 38.1 Å². The number of H-pyrrole nitrogens is 1. The lowest BCUT2D eigenvalue weighted by atomic mass is 10.0. The van der Waals surface area contributed by atoms with Crippen molar-refractivity contribution in [3.8, 4) is 28.1 Å². The second-order valence-electron chi connectivity index (χ2n) is 10.2. The summed E-state index contributed by atoms with van der Waals surface area (Å²) >= 11 is 1.39. The van der Waals surface area contributed by atoms with Gasteiger partial charge in [-0.05, 0) is 50.4 Å². The molecule has 3 aromatic heterocycles. The molecule has 0 saturated carbocycles. The molecule has 0 fully saturated rings. The molecule has 11 nitrogen and oxygen atoms in total. The lowest BCUT2D eigenvalue weighted by Gasteiger charge is -2.22. The van der Waals surface area contributed by atoms with Crippen LogP contribution in [-0.2, 0) is 11.2 Å². The molecule has 3 heterocycles. The number of hydrogen-bond acceptors (Lipinski definition) is 10. The number of benzene rings is 1. The van der Waals surface area contributed by atoms with Gasteiger partial charge in [0, 0.05) is 47.6 Å². The van der Waals surface area contributed by atoms with Crippen LogP contribution in [0.15, 0.2) is 35.3 Å². The summed E-state index contributed by atoms with van der Waals surface area (Å²) in [5, 5.41) is 13.4. The van der Waals surface area contributed by atoms with Crippen molar-refractivity contribution in [1.82, 2.24) is 24.3 Å². The number of hydrogen-bond donors (Lipinski definition) is 3. The number of aliphatic carboxylic acids is 1. The van der Waals surface area contributed by atoms with Gasteiger partial charge in [-0.3, -0.25) is 4.79 Å². The highest BCUT2D eigenvalue weighted by atomic mass is 32.1. The highest BCUT2D eigenvalue weighted by Crippen LogP contribution is 2.35. The Kier molecular flexibility index (Phi) is 9.56. The maximum Gasteiger partial charge on any atom is 0.326 e. The van der Waals surface area contributed by atoms with E-state index in [1.807, 2.05) is 58.6 Å². The predicted molar refractivity (Wildman–Crippen MR) is 166 cm³/mol. The molecule has 1 aromatic carbocycles. The zero-order chi connectivity index (χ0) is 30.6. The summed E-state index contributed by atoms with van der Waals surface area (Å²) < 4.78 is 9.89. The van der Waals surface area contributed by atoms with Crippen LogP contribution in [0.2, 0.25) is 0 Å². The van der Waals surface area contributed by atoms with Crippen molar-refractivity contribution < 1.29 is 14.6 Å². The third kappa shape index (κ3) is 6.43. The average molecular weight is 592 g/mol. The molecule has 0 bridgehead atoms. The minimum atomic E-state index is -1.02. The zero-order valence-electron chi connectivity index (χ0n) is 25.0. The van der Waals surface area contributed by atoms with Crippen molar-refractivity contribution in [2.75, 3.05) is 30.4 Å². The summed E-state index contributed by atoms with van der Waals surface area (Å²) in [4.78, 5) is 45.0. The fourth-order valence-corrected chi connectivity index (χ4v) is 5.46. The second kappa shape index (κ2) is 13.1. The minimum Gasteiger partial charge on any atom is -0.480 e. The van der Waals surface area contributed by atoms with Gasteiger partial charge in [-0.2, -0.15) is 14.3 Å². The number of anilines is 2. The second-order valence-corrected chi connectivity index (χ2v) is 11.2. The van der Waals surface area contributed by atoms with Gasteiger partial charge in [0.2, 0.25) is 11.8 Å². The van der Waals surface area contributed by atoms with E-state index < -0.39 is 12.0 Å². The van der Waals surface area contributed by atoms with Gasteiger partial charge in [0.25, 0.3) is 5.56 Å². The summed E-state index contributed by atoms with van der Waals surface area (Å²) in [6.45, 7) is 13.2. The van der Waals surface area contributed by atoms with E-state index in [9.17, 15) is 14.7 Å². The van der Waals surface area contributed by atoms with E-state index in [-0.39, 0.29) is 23.8 Å². The number of carboxylic acids is 1. The lowest BCUT2D eigenvalue weighted by Crippen LogP contribution is -2.33. The number of aryl methyl sites for hydroxylation is 2. The van der Waals surface area contributed by atoms with Gasteiger partial charge in [0.15, 0.2) is 0 Å². The fraction of sp³-hybridized carbons (Fsp3) is 0.400. The standard InChI is InChI=1S/C30H37N7O4S/c1-8-37(9-2)30-31-15-21(23-17(5)36-42-18(23)6)26(35-30)32-22(29(39)40)14-19-10-12-20(13-11-19)24-27(38)33-25(16(3)4)34-28(24)41-7/h10-13,15-16,22H,8-9,14H2,1-7H3,(H,39,40)(H,31,32,35)(H,33,34,38)/t22-/m0/s1. The van der Waals surface area contributed by atoms with Crippen molar-refractivity contribution in [1.29, 1.82) is 0 Å². The van der Waals surface area contributed by atoms with Gasteiger partial charge in [0.05, 0.1) is 12.8 Å². The molecule has 42 heavy (non-hydrogen) atoms. The molecule has 0 aliphatic rings. The zero-order valence-corrected chi connectivity index (χ0v) is 25.8. The van der Waals surface area contributed by atoms with E-state index in [1.165, 1.54) is 18.6 Å². The summed E-state index contributed by atoms with van der Waals surface area (Å²) in [6, 6.07) is 6.18. The van der Waals surface area contributed by atoms with Crippen molar-refractivity contribution in [2.24, 2.45) is 0 Å². The number of nitrogens with zero attached hydrogens (tertiary/aromatic N) is 5. The van der Waals surface area contributed by atoms with Crippen molar-refractivity contribution in [3.63, 3.8) is 0 Å². The Labute approximate surface area is 249 Å². The Morgan fingerprint density at radius 2 is 1.81 bits per heavy atom. The van der Waals surface area contributed by atoms with Gasteiger partial charge in [0.1, 0.15) is 23.2 Å². The molecule has 222 valence electrons. The van der Waals surface area contributed by atoms with Crippen LogP contribution < -0.4 is 20.5 Å². The fourth-order valence-electron chi connectivity index (χ4n) is 4.75. The highest BCUT2D eigenvalue weighted by Gasteiger charge is 2.24. The lowest BCUT2D eigenvalue weighted by molar-refractivity contribution is -0.137. The SMILES string of the molecule is CCN(CC)c1ncc(-c2c(C)nsc2C)c(N[C@@H](Cc2ccc(-c3c(OC)nc(C(C)C)[nH]c3=O)cc2)C(=O)O)n1. The molecule has 12 heteroatoms. The molecule has 0 aliphatic heterocycles. The molecule has 4 aromatic rings. The van der Waals surface area contributed by atoms with E-state index in [1.54, 1.807) is 18.3 Å². The predicted octanol–water partition coefficient (Wildman–Crippen LogP) is 5.05. The third-order valence-corrected chi connectivity index (χ3v) is 7.90. The number of rotatable bonds is 12. The van der Waals surface area contributed by atoms with Gasteiger partial charge in [-0.15, -0.1) is 0 Å². The molecule has 0 saturated heterocycles. The topological polar surface area (TPSA) is 146 Å². The Balaban J connectivity index is 1.67. The van der Waals surface area contributed by atoms with Crippen LogP contribution in [0.1, 0.15) is 55.6 Å². The Bertz CT molecular complexity index is 1590. The third-order valence-electron chi connectivity index (χ3n) is 7.06. The van der Waals surface area contributed by atoms with Crippen LogP contribution >= 0.6 is 11.5 Å². The molecule has 0 unspecified atom stereocenters. The smallest absolute Gasteiger partial charge is 0.326 e. The van der Waals surface area contributed by atoms with Crippen molar-refractivity contribution >= 4 is 29.3 Å². The quantitative estimate of drug-likeness (QED) is 0.204.